The van der Waals surface area contributed by atoms with Crippen LogP contribution in [0, 0.1) is 13.8 Å². The van der Waals surface area contributed by atoms with Crippen molar-refractivity contribution in [1.29, 1.82) is 0 Å². The van der Waals surface area contributed by atoms with Crippen LogP contribution in [0.2, 0.25) is 0 Å². The van der Waals surface area contributed by atoms with Gasteiger partial charge in [0.15, 0.2) is 5.16 Å². The van der Waals surface area contributed by atoms with Crippen LogP contribution < -0.4 is 0 Å². The molecule has 1 heterocycles. The first kappa shape index (κ1) is 25.0. The van der Waals surface area contributed by atoms with Gasteiger partial charge in [0, 0.05) is 18.5 Å². The second-order valence-corrected chi connectivity index (χ2v) is 10.6. The van der Waals surface area contributed by atoms with Gasteiger partial charge in [-0.05, 0) is 69.5 Å². The second-order valence-electron chi connectivity index (χ2n) is 9.62. The summed E-state index contributed by atoms with van der Waals surface area (Å²) in [5.74, 6) is 1.31. The van der Waals surface area contributed by atoms with Crippen LogP contribution in [0.5, 0.6) is 0 Å². The minimum absolute atomic E-state index is 0.116. The molecular weight excluding hydrogens is 452 g/mol. The Labute approximate surface area is 212 Å². The van der Waals surface area contributed by atoms with E-state index >= 15 is 0 Å². The van der Waals surface area contributed by atoms with Crippen molar-refractivity contribution < 1.29 is 4.79 Å². The highest BCUT2D eigenvalue weighted by Gasteiger charge is 2.23. The van der Waals surface area contributed by atoms with Crippen molar-refractivity contribution in [3.05, 3.63) is 83.2 Å². The Kier molecular flexibility index (Phi) is 7.60. The van der Waals surface area contributed by atoms with Gasteiger partial charge in [-0.15, -0.1) is 10.2 Å². The molecule has 1 amide bonds. The predicted octanol–water partition coefficient (Wildman–Crippen LogP) is 6.37. The Hall–Kier alpha value is -3.12. The van der Waals surface area contributed by atoms with E-state index in [1.54, 1.807) is 0 Å². The Morgan fingerprint density at radius 2 is 1.66 bits per heavy atom. The summed E-state index contributed by atoms with van der Waals surface area (Å²) in [4.78, 5) is 15.0. The van der Waals surface area contributed by atoms with E-state index in [0.717, 1.165) is 22.2 Å². The molecule has 0 saturated carbocycles. The number of hydrogen-bond donors (Lipinski definition) is 0. The van der Waals surface area contributed by atoms with Crippen LogP contribution in [0.3, 0.4) is 0 Å². The fourth-order valence-corrected chi connectivity index (χ4v) is 5.63. The van der Waals surface area contributed by atoms with Gasteiger partial charge in [0.25, 0.3) is 0 Å². The quantitative estimate of drug-likeness (QED) is 0.272. The first-order valence-electron chi connectivity index (χ1n) is 12.2. The molecule has 4 rings (SSSR count). The first-order valence-corrected chi connectivity index (χ1v) is 13.2. The molecule has 0 aliphatic heterocycles. The average Bonchev–Trinajstić information content (AvgIpc) is 3.19. The highest BCUT2D eigenvalue weighted by molar-refractivity contribution is 7.99. The number of carbonyl (C=O) groups excluding carboxylic acids is 1. The summed E-state index contributed by atoms with van der Waals surface area (Å²) in [5, 5.41) is 12.4. The molecule has 3 aromatic carbocycles. The fourth-order valence-electron chi connectivity index (χ4n) is 4.80. The Bertz CT molecular complexity index is 1330. The Morgan fingerprint density at radius 3 is 2.37 bits per heavy atom. The van der Waals surface area contributed by atoms with E-state index < -0.39 is 0 Å². The molecule has 0 radical (unpaired) electrons. The Morgan fingerprint density at radius 1 is 0.943 bits per heavy atom. The van der Waals surface area contributed by atoms with Crippen molar-refractivity contribution in [1.82, 2.24) is 19.7 Å². The number of benzene rings is 3. The SMILES string of the molecule is Cc1ccc(-n2c(Cc3cccc4ccccc34)nnc2SCC(=O)N(C(C)C)C(C)C)c(C)c1. The van der Waals surface area contributed by atoms with Crippen LogP contribution in [-0.4, -0.2) is 43.4 Å². The lowest BCUT2D eigenvalue weighted by Gasteiger charge is -2.30. The lowest BCUT2D eigenvalue weighted by molar-refractivity contribution is -0.131. The molecule has 0 atom stereocenters. The first-order chi connectivity index (χ1) is 16.8. The molecule has 0 N–H and O–H groups in total. The third-order valence-corrected chi connectivity index (χ3v) is 7.16. The van der Waals surface area contributed by atoms with Crippen molar-refractivity contribution in [2.75, 3.05) is 5.75 Å². The van der Waals surface area contributed by atoms with E-state index in [1.807, 2.05) is 4.90 Å². The number of carbonyl (C=O) groups is 1. The standard InChI is InChI=1S/C29H34N4OS/c1-19(2)32(20(3)4)28(34)18-35-29-31-30-27(33(29)26-15-14-21(5)16-22(26)6)17-24-12-9-11-23-10-7-8-13-25(23)24/h7-16,19-20H,17-18H2,1-6H3. The maximum atomic E-state index is 13.1. The van der Waals surface area contributed by atoms with Gasteiger partial charge < -0.3 is 4.90 Å². The highest BCUT2D eigenvalue weighted by Crippen LogP contribution is 2.28. The van der Waals surface area contributed by atoms with Gasteiger partial charge in [-0.1, -0.05) is 71.9 Å². The highest BCUT2D eigenvalue weighted by atomic mass is 32.2. The number of aryl methyl sites for hydroxylation is 2. The van der Waals surface area contributed by atoms with Gasteiger partial charge in [-0.3, -0.25) is 9.36 Å². The predicted molar refractivity (Wildman–Crippen MR) is 145 cm³/mol. The van der Waals surface area contributed by atoms with Crippen molar-refractivity contribution in [2.24, 2.45) is 0 Å². The number of nitrogens with zero attached hydrogens (tertiary/aromatic N) is 4. The summed E-state index contributed by atoms with van der Waals surface area (Å²) >= 11 is 1.46. The normalized spacial score (nSPS) is 11.5. The minimum atomic E-state index is 0.116. The van der Waals surface area contributed by atoms with Crippen LogP contribution in [0.1, 0.15) is 50.2 Å². The van der Waals surface area contributed by atoms with Crippen molar-refractivity contribution in [3.8, 4) is 5.69 Å². The third-order valence-electron chi connectivity index (χ3n) is 6.25. The zero-order chi connectivity index (χ0) is 25.1. The molecule has 6 heteroatoms. The van der Waals surface area contributed by atoms with Gasteiger partial charge in [0.2, 0.25) is 5.91 Å². The van der Waals surface area contributed by atoms with Crippen LogP contribution in [0.15, 0.2) is 65.8 Å². The third kappa shape index (κ3) is 5.43. The maximum Gasteiger partial charge on any atom is 0.233 e. The van der Waals surface area contributed by atoms with Gasteiger partial charge >= 0.3 is 0 Å². The average molecular weight is 487 g/mol. The molecule has 0 fully saturated rings. The molecule has 0 spiro atoms. The molecular formula is C29H34N4OS. The van der Waals surface area contributed by atoms with E-state index in [0.29, 0.717) is 12.2 Å². The minimum Gasteiger partial charge on any atom is -0.337 e. The molecule has 0 bridgehead atoms. The topological polar surface area (TPSA) is 51.0 Å². The number of hydrogen-bond acceptors (Lipinski definition) is 4. The molecule has 35 heavy (non-hydrogen) atoms. The monoisotopic (exact) mass is 486 g/mol. The lowest BCUT2D eigenvalue weighted by atomic mass is 10.0. The lowest BCUT2D eigenvalue weighted by Crippen LogP contribution is -2.43. The zero-order valence-electron chi connectivity index (χ0n) is 21.4. The van der Waals surface area contributed by atoms with Gasteiger partial charge in [0.05, 0.1) is 11.4 Å². The van der Waals surface area contributed by atoms with E-state index in [2.05, 4.69) is 117 Å². The number of aromatic nitrogens is 3. The fraction of sp³-hybridized carbons (Fsp3) is 0.345. The van der Waals surface area contributed by atoms with E-state index in [1.165, 1.54) is 33.7 Å². The summed E-state index contributed by atoms with van der Waals surface area (Å²) in [7, 11) is 0. The van der Waals surface area contributed by atoms with Crippen LogP contribution >= 0.6 is 11.8 Å². The molecule has 1 aromatic heterocycles. The Balaban J connectivity index is 1.72. The van der Waals surface area contributed by atoms with Crippen molar-refractivity contribution in [2.45, 2.75) is 65.2 Å². The zero-order valence-corrected chi connectivity index (χ0v) is 22.3. The molecule has 182 valence electrons. The molecule has 0 unspecified atom stereocenters. The number of amides is 1. The molecule has 4 aromatic rings. The smallest absolute Gasteiger partial charge is 0.233 e. The van der Waals surface area contributed by atoms with Gasteiger partial charge in [-0.2, -0.15) is 0 Å². The number of fused-ring (bicyclic) bond motifs is 1. The summed E-state index contributed by atoms with van der Waals surface area (Å²) in [6.07, 6.45) is 0.653. The van der Waals surface area contributed by atoms with E-state index in [-0.39, 0.29) is 18.0 Å². The van der Waals surface area contributed by atoms with Crippen LogP contribution in [-0.2, 0) is 11.2 Å². The van der Waals surface area contributed by atoms with Crippen molar-refractivity contribution >= 4 is 28.4 Å². The summed E-state index contributed by atoms with van der Waals surface area (Å²) in [6.45, 7) is 12.4. The summed E-state index contributed by atoms with van der Waals surface area (Å²) in [5.41, 5.74) is 4.63. The van der Waals surface area contributed by atoms with Crippen LogP contribution in [0.4, 0.5) is 0 Å². The summed E-state index contributed by atoms with van der Waals surface area (Å²) < 4.78 is 2.13. The van der Waals surface area contributed by atoms with Crippen molar-refractivity contribution in [3.63, 3.8) is 0 Å². The number of rotatable bonds is 8. The molecule has 5 nitrogen and oxygen atoms in total. The molecule has 0 saturated heterocycles. The maximum absolute atomic E-state index is 13.1. The van der Waals surface area contributed by atoms with E-state index in [9.17, 15) is 4.79 Å². The number of thioether (sulfide) groups is 1. The van der Waals surface area contributed by atoms with Gasteiger partial charge in [-0.25, -0.2) is 0 Å². The van der Waals surface area contributed by atoms with E-state index in [4.69, 9.17) is 0 Å². The molecule has 0 aliphatic carbocycles. The largest absolute Gasteiger partial charge is 0.337 e. The van der Waals surface area contributed by atoms with Crippen LogP contribution in [0.25, 0.3) is 16.5 Å². The second kappa shape index (κ2) is 10.6. The van der Waals surface area contributed by atoms with Gasteiger partial charge in [0.1, 0.15) is 5.82 Å². The molecule has 0 aliphatic rings. The summed E-state index contributed by atoms with van der Waals surface area (Å²) in [6, 6.07) is 21.5.